The fraction of sp³-hybridized carbons (Fsp3) is 0.778. The number of aliphatic carboxylic acids is 1. The number of rotatable bonds is 9. The van der Waals surface area contributed by atoms with Crippen LogP contribution in [-0.2, 0) is 19.1 Å². The van der Waals surface area contributed by atoms with Gasteiger partial charge in [-0.2, -0.15) is 0 Å². The largest absolute Gasteiger partial charge is 0.481 e. The minimum absolute atomic E-state index is 0.00443. The van der Waals surface area contributed by atoms with E-state index in [1.165, 1.54) is 0 Å². The molecule has 154 valence electrons. The van der Waals surface area contributed by atoms with Crippen molar-refractivity contribution < 1.29 is 44.6 Å². The smallest absolute Gasteiger partial charge is 0.303 e. The van der Waals surface area contributed by atoms with Gasteiger partial charge in [0.25, 0.3) is 0 Å². The van der Waals surface area contributed by atoms with Gasteiger partial charge in [-0.3, -0.25) is 9.59 Å². The molecule has 2 fully saturated rings. The van der Waals surface area contributed by atoms with E-state index in [4.69, 9.17) is 19.7 Å². The summed E-state index contributed by atoms with van der Waals surface area (Å²) >= 11 is 0. The van der Waals surface area contributed by atoms with Crippen LogP contribution in [-0.4, -0.2) is 81.2 Å². The molecule has 5 unspecified atom stereocenters. The number of hydrogen-bond donors (Lipinski definition) is 5. The third-order valence-electron chi connectivity index (χ3n) is 5.15. The van der Waals surface area contributed by atoms with E-state index in [9.17, 15) is 24.9 Å². The van der Waals surface area contributed by atoms with E-state index in [1.807, 2.05) is 6.08 Å². The van der Waals surface area contributed by atoms with Crippen LogP contribution in [0.5, 0.6) is 0 Å². The summed E-state index contributed by atoms with van der Waals surface area (Å²) in [5.41, 5.74) is 0. The van der Waals surface area contributed by atoms with E-state index in [2.05, 4.69) is 0 Å². The summed E-state index contributed by atoms with van der Waals surface area (Å²) in [7, 11) is 0. The molecule has 5 N–H and O–H groups in total. The number of hydrogen-bond acceptors (Lipinski definition) is 8. The second-order valence-electron chi connectivity index (χ2n) is 7.03. The molecule has 9 nitrogen and oxygen atoms in total. The number of carbonyl (C=O) groups excluding carboxylic acids is 1. The van der Waals surface area contributed by atoms with Gasteiger partial charge in [-0.1, -0.05) is 12.2 Å². The first kappa shape index (κ1) is 21.9. The highest BCUT2D eigenvalue weighted by atomic mass is 16.7. The Morgan fingerprint density at radius 1 is 1.19 bits per heavy atom. The van der Waals surface area contributed by atoms with Gasteiger partial charge in [-0.05, 0) is 25.2 Å². The predicted molar refractivity (Wildman–Crippen MR) is 91.6 cm³/mol. The SMILES string of the molecule is O=C(O)C[C@H]1CCC(=O)[C@@H]1CC=CCCOC1OC(CO)C(O)C(O)C1O. The van der Waals surface area contributed by atoms with Gasteiger partial charge in [0.05, 0.1) is 13.2 Å². The molecule has 0 bridgehead atoms. The average molecular weight is 388 g/mol. The van der Waals surface area contributed by atoms with E-state index >= 15 is 0 Å². The molecule has 7 atom stereocenters. The maximum absolute atomic E-state index is 11.9. The highest BCUT2D eigenvalue weighted by Gasteiger charge is 2.43. The first-order valence-electron chi connectivity index (χ1n) is 9.16. The number of aliphatic hydroxyl groups is 4. The van der Waals surface area contributed by atoms with Crippen LogP contribution in [0.25, 0.3) is 0 Å². The van der Waals surface area contributed by atoms with Crippen molar-refractivity contribution in [2.24, 2.45) is 11.8 Å². The van der Waals surface area contributed by atoms with Crippen molar-refractivity contribution >= 4 is 11.8 Å². The van der Waals surface area contributed by atoms with Crippen LogP contribution >= 0.6 is 0 Å². The lowest BCUT2D eigenvalue weighted by molar-refractivity contribution is -0.300. The van der Waals surface area contributed by atoms with Crippen molar-refractivity contribution in [1.82, 2.24) is 0 Å². The monoisotopic (exact) mass is 388 g/mol. The van der Waals surface area contributed by atoms with E-state index in [-0.39, 0.29) is 30.6 Å². The highest BCUT2D eigenvalue weighted by Crippen LogP contribution is 2.34. The van der Waals surface area contributed by atoms with Crippen LogP contribution in [0, 0.1) is 11.8 Å². The minimum Gasteiger partial charge on any atom is -0.481 e. The minimum atomic E-state index is -1.48. The molecule has 0 spiro atoms. The molecule has 0 radical (unpaired) electrons. The summed E-state index contributed by atoms with van der Waals surface area (Å²) in [6, 6.07) is 0. The van der Waals surface area contributed by atoms with Crippen LogP contribution in [0.4, 0.5) is 0 Å². The van der Waals surface area contributed by atoms with Crippen LogP contribution in [0.1, 0.15) is 32.1 Å². The topological polar surface area (TPSA) is 154 Å². The molecule has 0 amide bonds. The summed E-state index contributed by atoms with van der Waals surface area (Å²) in [5, 5.41) is 47.3. The Balaban J connectivity index is 1.73. The van der Waals surface area contributed by atoms with Gasteiger partial charge < -0.3 is 35.0 Å². The lowest BCUT2D eigenvalue weighted by Gasteiger charge is -2.39. The van der Waals surface area contributed by atoms with Crippen molar-refractivity contribution in [1.29, 1.82) is 0 Å². The van der Waals surface area contributed by atoms with Crippen molar-refractivity contribution in [3.63, 3.8) is 0 Å². The molecule has 0 aromatic rings. The fourth-order valence-electron chi connectivity index (χ4n) is 3.59. The lowest BCUT2D eigenvalue weighted by Crippen LogP contribution is -2.59. The summed E-state index contributed by atoms with van der Waals surface area (Å²) in [6.45, 7) is -0.353. The molecule has 9 heteroatoms. The quantitative estimate of drug-likeness (QED) is 0.252. The molecule has 0 aromatic carbocycles. The van der Waals surface area contributed by atoms with Crippen LogP contribution in [0.2, 0.25) is 0 Å². The van der Waals surface area contributed by atoms with Gasteiger partial charge in [-0.25, -0.2) is 0 Å². The van der Waals surface area contributed by atoms with Crippen molar-refractivity contribution in [3.05, 3.63) is 12.2 Å². The summed E-state index contributed by atoms with van der Waals surface area (Å²) in [6.07, 6.45) is -0.898. The van der Waals surface area contributed by atoms with Gasteiger partial charge in [0, 0.05) is 18.8 Å². The Bertz CT molecular complexity index is 533. The molecule has 1 heterocycles. The maximum Gasteiger partial charge on any atom is 0.303 e. The summed E-state index contributed by atoms with van der Waals surface area (Å²) in [5.74, 6) is -1.17. The van der Waals surface area contributed by atoms with Crippen LogP contribution < -0.4 is 0 Å². The van der Waals surface area contributed by atoms with E-state index in [0.717, 1.165) is 0 Å². The first-order chi connectivity index (χ1) is 12.8. The second-order valence-corrected chi connectivity index (χ2v) is 7.03. The number of carboxylic acids is 1. The highest BCUT2D eigenvalue weighted by molar-refractivity contribution is 5.84. The third kappa shape index (κ3) is 5.81. The van der Waals surface area contributed by atoms with E-state index < -0.39 is 43.3 Å². The third-order valence-corrected chi connectivity index (χ3v) is 5.15. The lowest BCUT2D eigenvalue weighted by atomic mass is 9.89. The first-order valence-corrected chi connectivity index (χ1v) is 9.16. The van der Waals surface area contributed by atoms with Gasteiger partial charge >= 0.3 is 5.97 Å². The molecule has 1 saturated carbocycles. The number of allylic oxidation sites excluding steroid dienone is 1. The number of carboxylic acid groups (broad SMARTS) is 1. The second kappa shape index (κ2) is 10.3. The van der Waals surface area contributed by atoms with Crippen LogP contribution in [0.15, 0.2) is 12.2 Å². The van der Waals surface area contributed by atoms with Crippen molar-refractivity contribution in [3.8, 4) is 0 Å². The number of carbonyl (C=O) groups is 2. The Labute approximate surface area is 157 Å². The molecule has 2 rings (SSSR count). The Hall–Kier alpha value is -1.36. The number of Topliss-reactive ketones (excluding diaryl/α,β-unsaturated/α-hetero) is 1. The Morgan fingerprint density at radius 2 is 1.93 bits per heavy atom. The van der Waals surface area contributed by atoms with Gasteiger partial charge in [-0.15, -0.1) is 0 Å². The molecule has 27 heavy (non-hydrogen) atoms. The van der Waals surface area contributed by atoms with E-state index in [0.29, 0.717) is 25.7 Å². The zero-order valence-corrected chi connectivity index (χ0v) is 15.0. The number of aliphatic hydroxyl groups excluding tert-OH is 4. The summed E-state index contributed by atoms with van der Waals surface area (Å²) < 4.78 is 10.6. The zero-order chi connectivity index (χ0) is 20.0. The van der Waals surface area contributed by atoms with Crippen molar-refractivity contribution in [2.45, 2.75) is 62.8 Å². The van der Waals surface area contributed by atoms with Gasteiger partial charge in [0.2, 0.25) is 0 Å². The number of ketones is 1. The van der Waals surface area contributed by atoms with Crippen LogP contribution in [0.3, 0.4) is 0 Å². The average Bonchev–Trinajstić information content (AvgIpc) is 2.96. The molecule has 1 aliphatic carbocycles. The van der Waals surface area contributed by atoms with Gasteiger partial charge in [0.1, 0.15) is 30.2 Å². The number of ether oxygens (including phenoxy) is 2. The molecular weight excluding hydrogens is 360 g/mol. The molecular formula is C18H28O9. The maximum atomic E-state index is 11.9. The molecule has 0 aromatic heterocycles. The van der Waals surface area contributed by atoms with Gasteiger partial charge in [0.15, 0.2) is 6.29 Å². The zero-order valence-electron chi connectivity index (χ0n) is 15.0. The molecule has 2 aliphatic rings. The van der Waals surface area contributed by atoms with E-state index in [1.54, 1.807) is 6.08 Å². The standard InChI is InChI=1S/C18H28O9/c19-9-13-15(23)16(24)17(25)18(27-13)26-7-3-1-2-4-11-10(8-14(21)22)5-6-12(11)20/h1-2,10-11,13,15-19,23-25H,3-9H2,(H,21,22)/t10-,11-,13?,15?,16?,17?,18?/m1/s1. The Kier molecular flexibility index (Phi) is 8.33. The Morgan fingerprint density at radius 3 is 2.59 bits per heavy atom. The fourth-order valence-corrected chi connectivity index (χ4v) is 3.59. The molecule has 1 aliphatic heterocycles. The predicted octanol–water partition coefficient (Wildman–Crippen LogP) is -0.791. The normalized spacial score (nSPS) is 37.2. The summed E-state index contributed by atoms with van der Waals surface area (Å²) in [4.78, 5) is 22.7. The van der Waals surface area contributed by atoms with Crippen molar-refractivity contribution in [2.75, 3.05) is 13.2 Å². The molecule has 1 saturated heterocycles.